The molecular formula is C14H17FO3. The quantitative estimate of drug-likeness (QED) is 0.869. The van der Waals surface area contributed by atoms with Crippen LogP contribution in [0.1, 0.15) is 36.5 Å². The fraction of sp³-hybridized carbons (Fsp3) is 0.500. The molecular weight excluding hydrogens is 235 g/mol. The van der Waals surface area contributed by atoms with Gasteiger partial charge in [-0.25, -0.2) is 4.39 Å². The molecule has 1 fully saturated rings. The second kappa shape index (κ2) is 5.06. The van der Waals surface area contributed by atoms with Gasteiger partial charge in [0.2, 0.25) is 0 Å². The van der Waals surface area contributed by atoms with Crippen molar-refractivity contribution in [3.8, 4) is 0 Å². The maximum Gasteiger partial charge on any atom is 0.306 e. The van der Waals surface area contributed by atoms with Crippen LogP contribution in [0.15, 0.2) is 18.2 Å². The van der Waals surface area contributed by atoms with E-state index >= 15 is 0 Å². The number of aliphatic carboxylic acids is 1. The number of rotatable bonds is 3. The summed E-state index contributed by atoms with van der Waals surface area (Å²) in [6.07, 6.45) is 1.30. The van der Waals surface area contributed by atoms with E-state index in [0.29, 0.717) is 24.0 Å². The van der Waals surface area contributed by atoms with Crippen molar-refractivity contribution < 1.29 is 19.4 Å². The van der Waals surface area contributed by atoms with Gasteiger partial charge in [0.05, 0.1) is 12.0 Å². The smallest absolute Gasteiger partial charge is 0.306 e. The van der Waals surface area contributed by atoms with Gasteiger partial charge in [-0.3, -0.25) is 4.79 Å². The number of benzene rings is 1. The molecule has 3 unspecified atom stereocenters. The summed E-state index contributed by atoms with van der Waals surface area (Å²) < 4.78 is 13.2. The number of hydrogen-bond donors (Lipinski definition) is 2. The molecule has 3 atom stereocenters. The van der Waals surface area contributed by atoms with E-state index in [2.05, 4.69) is 0 Å². The van der Waals surface area contributed by atoms with Gasteiger partial charge in [0, 0.05) is 5.92 Å². The molecule has 0 spiro atoms. The molecule has 0 bridgehead atoms. The van der Waals surface area contributed by atoms with Crippen molar-refractivity contribution in [1.82, 2.24) is 0 Å². The van der Waals surface area contributed by atoms with Gasteiger partial charge in [0.1, 0.15) is 5.82 Å². The monoisotopic (exact) mass is 252 g/mol. The lowest BCUT2D eigenvalue weighted by atomic mass is 9.86. The third-order valence-electron chi connectivity index (χ3n) is 3.82. The Morgan fingerprint density at radius 1 is 1.44 bits per heavy atom. The topological polar surface area (TPSA) is 57.5 Å². The van der Waals surface area contributed by atoms with E-state index < -0.39 is 18.0 Å². The van der Waals surface area contributed by atoms with Crippen LogP contribution in [0.5, 0.6) is 0 Å². The number of hydrogen-bond acceptors (Lipinski definition) is 2. The minimum atomic E-state index is -0.851. The predicted molar refractivity (Wildman–Crippen MR) is 64.6 cm³/mol. The lowest BCUT2D eigenvalue weighted by molar-refractivity contribution is -0.144. The summed E-state index contributed by atoms with van der Waals surface area (Å²) in [4.78, 5) is 11.1. The number of aliphatic hydroxyl groups excluding tert-OH is 1. The van der Waals surface area contributed by atoms with E-state index in [9.17, 15) is 14.3 Å². The van der Waals surface area contributed by atoms with Crippen LogP contribution < -0.4 is 0 Å². The fourth-order valence-electron chi connectivity index (χ4n) is 2.77. The molecule has 2 rings (SSSR count). The molecule has 0 amide bonds. The predicted octanol–water partition coefficient (Wildman–Crippen LogP) is 2.67. The van der Waals surface area contributed by atoms with Gasteiger partial charge in [-0.2, -0.15) is 0 Å². The highest BCUT2D eigenvalue weighted by Gasteiger charge is 2.38. The SMILES string of the molecule is Cc1cc(C(O)C2CCCC2C(=O)O)ccc1F. The van der Waals surface area contributed by atoms with Crippen LogP contribution >= 0.6 is 0 Å². The van der Waals surface area contributed by atoms with Gasteiger partial charge in [0.25, 0.3) is 0 Å². The highest BCUT2D eigenvalue weighted by molar-refractivity contribution is 5.70. The molecule has 0 heterocycles. The van der Waals surface area contributed by atoms with Crippen LogP contribution in [0.25, 0.3) is 0 Å². The Labute approximate surface area is 105 Å². The normalized spacial score (nSPS) is 25.1. The number of aliphatic hydroxyl groups is 1. The molecule has 1 aromatic rings. The minimum Gasteiger partial charge on any atom is -0.481 e. The summed E-state index contributed by atoms with van der Waals surface area (Å²) >= 11 is 0. The first-order valence-corrected chi connectivity index (χ1v) is 6.17. The maximum atomic E-state index is 13.2. The molecule has 1 aliphatic carbocycles. The van der Waals surface area contributed by atoms with Crippen molar-refractivity contribution in [3.05, 3.63) is 35.1 Å². The van der Waals surface area contributed by atoms with E-state index in [1.165, 1.54) is 12.1 Å². The Bertz CT molecular complexity index is 458. The first kappa shape index (κ1) is 13.0. The van der Waals surface area contributed by atoms with Crippen molar-refractivity contribution >= 4 is 5.97 Å². The van der Waals surface area contributed by atoms with Gasteiger partial charge >= 0.3 is 5.97 Å². The minimum absolute atomic E-state index is 0.271. The number of aryl methyl sites for hydroxylation is 1. The Morgan fingerprint density at radius 3 is 2.78 bits per heavy atom. The number of carboxylic acids is 1. The van der Waals surface area contributed by atoms with Crippen molar-refractivity contribution in [2.24, 2.45) is 11.8 Å². The second-order valence-electron chi connectivity index (χ2n) is 4.99. The zero-order valence-electron chi connectivity index (χ0n) is 10.3. The van der Waals surface area contributed by atoms with Crippen LogP contribution in [0.2, 0.25) is 0 Å². The Balaban J connectivity index is 2.22. The second-order valence-corrected chi connectivity index (χ2v) is 4.99. The summed E-state index contributed by atoms with van der Waals surface area (Å²) in [6.45, 7) is 1.63. The molecule has 2 N–H and O–H groups in total. The van der Waals surface area contributed by atoms with Crippen LogP contribution in [-0.4, -0.2) is 16.2 Å². The first-order valence-electron chi connectivity index (χ1n) is 6.17. The van der Waals surface area contributed by atoms with Crippen LogP contribution in [0.4, 0.5) is 4.39 Å². The molecule has 98 valence electrons. The fourth-order valence-corrected chi connectivity index (χ4v) is 2.77. The summed E-state index contributed by atoms with van der Waals surface area (Å²) in [7, 11) is 0. The van der Waals surface area contributed by atoms with Crippen LogP contribution in [0, 0.1) is 24.6 Å². The van der Waals surface area contributed by atoms with E-state index in [1.54, 1.807) is 13.0 Å². The summed E-state index contributed by atoms with van der Waals surface area (Å²) in [6, 6.07) is 4.44. The first-order chi connectivity index (χ1) is 8.50. The third-order valence-corrected chi connectivity index (χ3v) is 3.82. The number of carbonyl (C=O) groups is 1. The van der Waals surface area contributed by atoms with Gasteiger partial charge in [-0.15, -0.1) is 0 Å². The Morgan fingerprint density at radius 2 is 2.17 bits per heavy atom. The summed E-state index contributed by atoms with van der Waals surface area (Å²) in [5, 5.41) is 19.4. The lowest BCUT2D eigenvalue weighted by Crippen LogP contribution is -2.24. The summed E-state index contributed by atoms with van der Waals surface area (Å²) in [5.74, 6) is -1.93. The Kier molecular flexibility index (Phi) is 3.66. The molecule has 1 saturated carbocycles. The largest absolute Gasteiger partial charge is 0.481 e. The van der Waals surface area contributed by atoms with Gasteiger partial charge in [0.15, 0.2) is 0 Å². The molecule has 4 heteroatoms. The van der Waals surface area contributed by atoms with E-state index in [4.69, 9.17) is 5.11 Å². The van der Waals surface area contributed by atoms with Crippen molar-refractivity contribution in [2.75, 3.05) is 0 Å². The third kappa shape index (κ3) is 2.38. The van der Waals surface area contributed by atoms with E-state index in [0.717, 1.165) is 6.42 Å². The molecule has 18 heavy (non-hydrogen) atoms. The van der Waals surface area contributed by atoms with E-state index in [1.807, 2.05) is 0 Å². The zero-order valence-corrected chi connectivity index (χ0v) is 10.3. The van der Waals surface area contributed by atoms with Gasteiger partial charge in [-0.05, 0) is 37.0 Å². The molecule has 1 aliphatic rings. The van der Waals surface area contributed by atoms with Crippen LogP contribution in [0.3, 0.4) is 0 Å². The van der Waals surface area contributed by atoms with E-state index in [-0.39, 0.29) is 11.7 Å². The molecule has 0 radical (unpaired) electrons. The number of carboxylic acid groups (broad SMARTS) is 1. The molecule has 0 aliphatic heterocycles. The molecule has 0 saturated heterocycles. The highest BCUT2D eigenvalue weighted by Crippen LogP contribution is 2.40. The Hall–Kier alpha value is -1.42. The maximum absolute atomic E-state index is 13.2. The van der Waals surface area contributed by atoms with Gasteiger partial charge < -0.3 is 10.2 Å². The molecule has 3 nitrogen and oxygen atoms in total. The summed E-state index contributed by atoms with van der Waals surface area (Å²) in [5.41, 5.74) is 1.07. The van der Waals surface area contributed by atoms with Crippen LogP contribution in [-0.2, 0) is 4.79 Å². The van der Waals surface area contributed by atoms with Crippen molar-refractivity contribution in [3.63, 3.8) is 0 Å². The zero-order chi connectivity index (χ0) is 13.3. The van der Waals surface area contributed by atoms with Gasteiger partial charge in [-0.1, -0.05) is 18.6 Å². The molecule has 0 aromatic heterocycles. The lowest BCUT2D eigenvalue weighted by Gasteiger charge is -2.22. The van der Waals surface area contributed by atoms with Crippen molar-refractivity contribution in [1.29, 1.82) is 0 Å². The van der Waals surface area contributed by atoms with Crippen molar-refractivity contribution in [2.45, 2.75) is 32.3 Å². The average molecular weight is 252 g/mol. The highest BCUT2D eigenvalue weighted by atomic mass is 19.1. The average Bonchev–Trinajstić information content (AvgIpc) is 2.81. The standard InChI is InChI=1S/C14H17FO3/c1-8-7-9(5-6-12(8)15)13(16)10-3-2-4-11(10)14(17)18/h5-7,10-11,13,16H,2-4H2,1H3,(H,17,18). The number of halogens is 1. The molecule has 1 aromatic carbocycles.